The van der Waals surface area contributed by atoms with E-state index in [1.54, 1.807) is 6.07 Å². The molecule has 0 saturated heterocycles. The second-order valence-electron chi connectivity index (χ2n) is 5.96. The molecule has 126 valence electrons. The number of fused-ring (bicyclic) bond motifs is 1. The Morgan fingerprint density at radius 3 is 1.81 bits per heavy atom. The van der Waals surface area contributed by atoms with Gasteiger partial charge in [0.1, 0.15) is 0 Å². The summed E-state index contributed by atoms with van der Waals surface area (Å²) in [7, 11) is 0. The van der Waals surface area contributed by atoms with Gasteiger partial charge in [0.15, 0.2) is 0 Å². The highest BCUT2D eigenvalue weighted by molar-refractivity contribution is 6.20. The van der Waals surface area contributed by atoms with E-state index in [1.165, 1.54) is 12.1 Å². The van der Waals surface area contributed by atoms with E-state index >= 15 is 0 Å². The Morgan fingerprint density at radius 2 is 1.27 bits per heavy atom. The molecule has 0 atom stereocenters. The zero-order valence-corrected chi connectivity index (χ0v) is 13.9. The molecule has 0 saturated carbocycles. The summed E-state index contributed by atoms with van der Waals surface area (Å²) in [6.45, 7) is 0. The molecular weight excluding hydrogens is 326 g/mol. The van der Waals surface area contributed by atoms with Gasteiger partial charge in [-0.05, 0) is 17.2 Å². The third-order valence-corrected chi connectivity index (χ3v) is 4.23. The number of rotatable bonds is 3. The number of hydrogen-bond acceptors (Lipinski definition) is 4. The van der Waals surface area contributed by atoms with E-state index in [0.29, 0.717) is 17.8 Å². The zero-order valence-electron chi connectivity index (χ0n) is 13.9. The molecule has 5 nitrogen and oxygen atoms in total. The molecule has 0 amide bonds. The summed E-state index contributed by atoms with van der Waals surface area (Å²) in [4.78, 5) is 20.2. The van der Waals surface area contributed by atoms with Crippen LogP contribution in [0.15, 0.2) is 88.8 Å². The number of aliphatic imine (C=N–C) groups is 2. The summed E-state index contributed by atoms with van der Waals surface area (Å²) in [6.07, 6.45) is 0.552. The molecular formula is C21H15N3O2. The third-order valence-electron chi connectivity index (χ3n) is 4.23. The van der Waals surface area contributed by atoms with Crippen molar-refractivity contribution in [2.24, 2.45) is 9.98 Å². The number of hydrogen-bond donors (Lipinski definition) is 0. The lowest BCUT2D eigenvalue weighted by Gasteiger charge is -2.07. The molecule has 26 heavy (non-hydrogen) atoms. The summed E-state index contributed by atoms with van der Waals surface area (Å²) in [5.74, 6) is 0. The largest absolute Gasteiger partial charge is 0.271 e. The summed E-state index contributed by atoms with van der Waals surface area (Å²) < 4.78 is 0. The molecule has 0 spiro atoms. The van der Waals surface area contributed by atoms with Crippen molar-refractivity contribution in [2.75, 3.05) is 0 Å². The van der Waals surface area contributed by atoms with Gasteiger partial charge >= 0.3 is 0 Å². The molecule has 1 aliphatic rings. The molecule has 0 N–H and O–H groups in total. The van der Waals surface area contributed by atoms with Crippen LogP contribution < -0.4 is 0 Å². The Labute approximate surface area is 150 Å². The van der Waals surface area contributed by atoms with Crippen LogP contribution in [0.4, 0.5) is 17.1 Å². The minimum Gasteiger partial charge on any atom is -0.258 e. The first-order valence-corrected chi connectivity index (χ1v) is 8.25. The Balaban J connectivity index is 1.90. The second-order valence-corrected chi connectivity index (χ2v) is 5.96. The first kappa shape index (κ1) is 15.9. The van der Waals surface area contributed by atoms with Gasteiger partial charge in [-0.1, -0.05) is 60.7 Å². The fraction of sp³-hybridized carbons (Fsp3) is 0.0476. The van der Waals surface area contributed by atoms with Gasteiger partial charge in [0.25, 0.3) is 5.69 Å². The Bertz CT molecular complexity index is 1030. The lowest BCUT2D eigenvalue weighted by atomic mass is 10.00. The topological polar surface area (TPSA) is 67.9 Å². The van der Waals surface area contributed by atoms with Gasteiger partial charge in [0.2, 0.25) is 0 Å². The summed E-state index contributed by atoms with van der Waals surface area (Å²) in [5, 5.41) is 11.1. The van der Waals surface area contributed by atoms with Crippen molar-refractivity contribution in [3.8, 4) is 0 Å². The van der Waals surface area contributed by atoms with Gasteiger partial charge in [0.05, 0.1) is 27.7 Å². The SMILES string of the molecule is O=[N+]([O-])c1ccc2c(c1)N=C(c1ccccc1)CC(c1ccccc1)=N2. The highest BCUT2D eigenvalue weighted by atomic mass is 16.6. The number of nitro benzene ring substituents is 1. The van der Waals surface area contributed by atoms with Crippen molar-refractivity contribution < 1.29 is 4.92 Å². The van der Waals surface area contributed by atoms with Crippen molar-refractivity contribution in [1.82, 2.24) is 0 Å². The Hall–Kier alpha value is -3.60. The number of non-ortho nitro benzene ring substituents is 1. The summed E-state index contributed by atoms with van der Waals surface area (Å²) in [5.41, 5.74) is 4.90. The van der Waals surface area contributed by atoms with Crippen LogP contribution in [0, 0.1) is 10.1 Å². The van der Waals surface area contributed by atoms with E-state index in [-0.39, 0.29) is 5.69 Å². The first-order chi connectivity index (χ1) is 12.7. The predicted octanol–water partition coefficient (Wildman–Crippen LogP) is 5.24. The van der Waals surface area contributed by atoms with Gasteiger partial charge in [0, 0.05) is 18.6 Å². The molecule has 4 rings (SSSR count). The maximum Gasteiger partial charge on any atom is 0.271 e. The summed E-state index contributed by atoms with van der Waals surface area (Å²) >= 11 is 0. The lowest BCUT2D eigenvalue weighted by Crippen LogP contribution is -2.09. The van der Waals surface area contributed by atoms with Gasteiger partial charge in [-0.15, -0.1) is 0 Å². The predicted molar refractivity (Wildman–Crippen MR) is 103 cm³/mol. The number of nitrogens with zero attached hydrogens (tertiary/aromatic N) is 3. The molecule has 0 radical (unpaired) electrons. The van der Waals surface area contributed by atoms with Gasteiger partial charge < -0.3 is 0 Å². The molecule has 3 aromatic carbocycles. The van der Waals surface area contributed by atoms with Crippen LogP contribution in [-0.4, -0.2) is 16.3 Å². The molecule has 1 aliphatic heterocycles. The van der Waals surface area contributed by atoms with Gasteiger partial charge in [-0.2, -0.15) is 0 Å². The third kappa shape index (κ3) is 3.15. The molecule has 5 heteroatoms. The fourth-order valence-electron chi connectivity index (χ4n) is 2.93. The Kier molecular flexibility index (Phi) is 4.11. The minimum atomic E-state index is -0.412. The smallest absolute Gasteiger partial charge is 0.258 e. The van der Waals surface area contributed by atoms with Crippen LogP contribution >= 0.6 is 0 Å². The van der Waals surface area contributed by atoms with Crippen LogP contribution in [0.1, 0.15) is 17.5 Å². The molecule has 0 aliphatic carbocycles. The lowest BCUT2D eigenvalue weighted by molar-refractivity contribution is -0.384. The highest BCUT2D eigenvalue weighted by Crippen LogP contribution is 2.35. The van der Waals surface area contributed by atoms with Crippen LogP contribution in [-0.2, 0) is 0 Å². The molecule has 3 aromatic rings. The average molecular weight is 341 g/mol. The normalized spacial score (nSPS) is 13.2. The van der Waals surface area contributed by atoms with Crippen LogP contribution in [0.5, 0.6) is 0 Å². The molecule has 0 aromatic heterocycles. The van der Waals surface area contributed by atoms with Gasteiger partial charge in [-0.25, -0.2) is 4.99 Å². The number of nitro groups is 1. The highest BCUT2D eigenvalue weighted by Gasteiger charge is 2.18. The molecule has 0 bridgehead atoms. The average Bonchev–Trinajstić information content (AvgIpc) is 2.88. The maximum absolute atomic E-state index is 11.1. The van der Waals surface area contributed by atoms with Crippen molar-refractivity contribution in [3.63, 3.8) is 0 Å². The zero-order chi connectivity index (χ0) is 17.9. The van der Waals surface area contributed by atoms with E-state index in [2.05, 4.69) is 0 Å². The second kappa shape index (κ2) is 6.72. The van der Waals surface area contributed by atoms with Crippen LogP contribution in [0.3, 0.4) is 0 Å². The number of benzene rings is 3. The summed E-state index contributed by atoms with van der Waals surface area (Å²) in [6, 6.07) is 24.4. The fourth-order valence-corrected chi connectivity index (χ4v) is 2.93. The van der Waals surface area contributed by atoms with E-state index < -0.39 is 4.92 Å². The maximum atomic E-state index is 11.1. The first-order valence-electron chi connectivity index (χ1n) is 8.25. The van der Waals surface area contributed by atoms with E-state index in [4.69, 9.17) is 9.98 Å². The monoisotopic (exact) mass is 341 g/mol. The standard InChI is InChI=1S/C21H15N3O2/c25-24(26)17-11-12-18-21(13-17)23-20(16-9-5-2-6-10-16)14-19(22-18)15-7-3-1-4-8-15/h1-13H,14H2. The van der Waals surface area contributed by atoms with E-state index in [1.807, 2.05) is 60.7 Å². The molecule has 0 fully saturated rings. The van der Waals surface area contributed by atoms with Crippen molar-refractivity contribution >= 4 is 28.5 Å². The van der Waals surface area contributed by atoms with Crippen molar-refractivity contribution in [2.45, 2.75) is 6.42 Å². The molecule has 0 unspecified atom stereocenters. The van der Waals surface area contributed by atoms with Crippen LogP contribution in [0.2, 0.25) is 0 Å². The van der Waals surface area contributed by atoms with Gasteiger partial charge in [-0.3, -0.25) is 15.1 Å². The van der Waals surface area contributed by atoms with E-state index in [9.17, 15) is 10.1 Å². The van der Waals surface area contributed by atoms with Crippen molar-refractivity contribution in [3.05, 3.63) is 100 Å². The quantitative estimate of drug-likeness (QED) is 0.483. The minimum absolute atomic E-state index is 0.0123. The van der Waals surface area contributed by atoms with Crippen molar-refractivity contribution in [1.29, 1.82) is 0 Å². The van der Waals surface area contributed by atoms with Crippen LogP contribution in [0.25, 0.3) is 0 Å². The Morgan fingerprint density at radius 1 is 0.731 bits per heavy atom. The van der Waals surface area contributed by atoms with E-state index in [0.717, 1.165) is 22.6 Å². The molecule has 1 heterocycles.